The zero-order valence-electron chi connectivity index (χ0n) is 11.1. The van der Waals surface area contributed by atoms with Crippen molar-refractivity contribution in [1.82, 2.24) is 10.6 Å². The molecule has 0 saturated carbocycles. The topological polar surface area (TPSA) is 90.5 Å². The van der Waals surface area contributed by atoms with Gasteiger partial charge in [-0.05, 0) is 38.6 Å². The average Bonchev–Trinajstić information content (AvgIpc) is 2.34. The number of urea groups is 1. The van der Waals surface area contributed by atoms with E-state index in [0.717, 1.165) is 13.0 Å². The van der Waals surface area contributed by atoms with Crippen LogP contribution >= 0.6 is 0 Å². The van der Waals surface area contributed by atoms with Crippen LogP contribution in [0.5, 0.6) is 0 Å². The minimum atomic E-state index is -1.05. The summed E-state index contributed by atoms with van der Waals surface area (Å²) in [5.41, 5.74) is 1.03. The molecule has 0 fully saturated rings. The minimum Gasteiger partial charge on any atom is -0.478 e. The molecule has 0 atom stereocenters. The number of carbonyl (C=O) groups excluding carboxylic acids is 1. The molecule has 0 saturated heterocycles. The molecule has 0 aliphatic rings. The molecular weight excluding hydrogens is 246 g/mol. The third-order valence-corrected chi connectivity index (χ3v) is 2.62. The van der Waals surface area contributed by atoms with Crippen LogP contribution in [0.1, 0.15) is 22.3 Å². The van der Waals surface area contributed by atoms with Gasteiger partial charge in [0.1, 0.15) is 0 Å². The maximum Gasteiger partial charge on any atom is 0.338 e. The third-order valence-electron chi connectivity index (χ3n) is 2.62. The zero-order chi connectivity index (χ0) is 14.3. The molecule has 4 N–H and O–H groups in total. The summed E-state index contributed by atoms with van der Waals surface area (Å²) in [6, 6.07) is 4.57. The number of aryl methyl sites for hydroxylation is 1. The van der Waals surface area contributed by atoms with Crippen molar-refractivity contribution >= 4 is 17.7 Å². The molecule has 6 heteroatoms. The summed E-state index contributed by atoms with van der Waals surface area (Å²) in [7, 11) is 1.84. The molecule has 1 aromatic carbocycles. The van der Waals surface area contributed by atoms with E-state index in [-0.39, 0.29) is 5.56 Å². The highest BCUT2D eigenvalue weighted by Crippen LogP contribution is 2.19. The fraction of sp³-hybridized carbons (Fsp3) is 0.385. The SMILES string of the molecule is CNCCCNC(=O)Nc1cccc(C)c1C(=O)O. The molecule has 2 amide bonds. The van der Waals surface area contributed by atoms with Gasteiger partial charge in [-0.1, -0.05) is 12.1 Å². The number of benzene rings is 1. The van der Waals surface area contributed by atoms with Crippen LogP contribution in [0.15, 0.2) is 18.2 Å². The second-order valence-corrected chi connectivity index (χ2v) is 4.14. The van der Waals surface area contributed by atoms with Crippen LogP contribution in [-0.2, 0) is 0 Å². The molecule has 1 aromatic rings. The van der Waals surface area contributed by atoms with Gasteiger partial charge in [0.15, 0.2) is 0 Å². The molecule has 6 nitrogen and oxygen atoms in total. The summed E-state index contributed by atoms with van der Waals surface area (Å²) in [5, 5.41) is 17.3. The minimum absolute atomic E-state index is 0.118. The van der Waals surface area contributed by atoms with Gasteiger partial charge >= 0.3 is 12.0 Å². The van der Waals surface area contributed by atoms with E-state index in [0.29, 0.717) is 17.8 Å². The van der Waals surface area contributed by atoms with Gasteiger partial charge in [-0.25, -0.2) is 9.59 Å². The van der Waals surface area contributed by atoms with Crippen molar-refractivity contribution in [1.29, 1.82) is 0 Å². The molecule has 0 unspecified atom stereocenters. The van der Waals surface area contributed by atoms with E-state index < -0.39 is 12.0 Å². The third kappa shape index (κ3) is 4.59. The van der Waals surface area contributed by atoms with E-state index in [2.05, 4.69) is 16.0 Å². The first-order chi connectivity index (χ1) is 9.06. The quantitative estimate of drug-likeness (QED) is 0.586. The van der Waals surface area contributed by atoms with Crippen molar-refractivity contribution in [3.05, 3.63) is 29.3 Å². The summed E-state index contributed by atoms with van der Waals surface area (Å²) in [5.74, 6) is -1.05. The highest BCUT2D eigenvalue weighted by atomic mass is 16.4. The molecule has 0 heterocycles. The maximum atomic E-state index is 11.6. The van der Waals surface area contributed by atoms with Crippen molar-refractivity contribution in [2.24, 2.45) is 0 Å². The lowest BCUT2D eigenvalue weighted by atomic mass is 10.1. The largest absolute Gasteiger partial charge is 0.478 e. The Bertz CT molecular complexity index is 460. The predicted octanol–water partition coefficient (Wildman–Crippen LogP) is 1.42. The van der Waals surface area contributed by atoms with Crippen LogP contribution in [0.2, 0.25) is 0 Å². The molecular formula is C13H19N3O3. The first-order valence-electron chi connectivity index (χ1n) is 6.08. The number of carbonyl (C=O) groups is 2. The molecule has 0 spiro atoms. The molecule has 0 aliphatic heterocycles. The monoisotopic (exact) mass is 265 g/mol. The van der Waals surface area contributed by atoms with Gasteiger partial charge < -0.3 is 21.1 Å². The Morgan fingerprint density at radius 3 is 2.63 bits per heavy atom. The lowest BCUT2D eigenvalue weighted by Gasteiger charge is -2.11. The number of hydrogen-bond donors (Lipinski definition) is 4. The summed E-state index contributed by atoms with van der Waals surface area (Å²) in [6.45, 7) is 3.03. The molecule has 0 aliphatic carbocycles. The summed E-state index contributed by atoms with van der Waals surface area (Å²) in [4.78, 5) is 22.8. The van der Waals surface area contributed by atoms with Gasteiger partial charge in [0.05, 0.1) is 11.3 Å². The summed E-state index contributed by atoms with van der Waals surface area (Å²) in [6.07, 6.45) is 0.809. The van der Waals surface area contributed by atoms with Crippen molar-refractivity contribution in [2.75, 3.05) is 25.5 Å². The van der Waals surface area contributed by atoms with Crippen LogP contribution in [0.4, 0.5) is 10.5 Å². The van der Waals surface area contributed by atoms with Crippen molar-refractivity contribution in [3.8, 4) is 0 Å². The van der Waals surface area contributed by atoms with E-state index in [4.69, 9.17) is 5.11 Å². The second kappa shape index (κ2) is 7.38. The van der Waals surface area contributed by atoms with Gasteiger partial charge in [0.25, 0.3) is 0 Å². The van der Waals surface area contributed by atoms with Gasteiger partial charge in [-0.3, -0.25) is 0 Å². The molecule has 0 aromatic heterocycles. The van der Waals surface area contributed by atoms with Crippen LogP contribution in [0.3, 0.4) is 0 Å². The predicted molar refractivity (Wildman–Crippen MR) is 73.7 cm³/mol. The Kier molecular flexibility index (Phi) is 5.81. The number of amides is 2. The van der Waals surface area contributed by atoms with Gasteiger partial charge in [-0.2, -0.15) is 0 Å². The van der Waals surface area contributed by atoms with E-state index in [9.17, 15) is 9.59 Å². The Balaban J connectivity index is 2.64. The number of carboxylic acid groups (broad SMARTS) is 1. The zero-order valence-corrected chi connectivity index (χ0v) is 11.1. The molecule has 104 valence electrons. The molecule has 19 heavy (non-hydrogen) atoms. The number of carboxylic acids is 1. The number of rotatable bonds is 6. The van der Waals surface area contributed by atoms with Crippen molar-refractivity contribution < 1.29 is 14.7 Å². The van der Waals surface area contributed by atoms with Crippen molar-refractivity contribution in [3.63, 3.8) is 0 Å². The molecule has 0 radical (unpaired) electrons. The smallest absolute Gasteiger partial charge is 0.338 e. The number of aromatic carboxylic acids is 1. The van der Waals surface area contributed by atoms with E-state index in [1.165, 1.54) is 0 Å². The van der Waals surface area contributed by atoms with E-state index in [1.54, 1.807) is 25.1 Å². The Hall–Kier alpha value is -2.08. The lowest BCUT2D eigenvalue weighted by Crippen LogP contribution is -2.31. The molecule has 0 bridgehead atoms. The Labute approximate surface area is 112 Å². The normalized spacial score (nSPS) is 10.0. The number of nitrogens with one attached hydrogen (secondary N) is 3. The van der Waals surface area contributed by atoms with E-state index >= 15 is 0 Å². The first kappa shape index (κ1) is 15.0. The van der Waals surface area contributed by atoms with Gasteiger partial charge in [-0.15, -0.1) is 0 Å². The van der Waals surface area contributed by atoms with Crippen molar-refractivity contribution in [2.45, 2.75) is 13.3 Å². The molecule has 1 rings (SSSR count). The Morgan fingerprint density at radius 2 is 2.00 bits per heavy atom. The summed E-state index contributed by atoms with van der Waals surface area (Å²) < 4.78 is 0. The summed E-state index contributed by atoms with van der Waals surface area (Å²) >= 11 is 0. The van der Waals surface area contributed by atoms with Crippen LogP contribution in [-0.4, -0.2) is 37.2 Å². The second-order valence-electron chi connectivity index (χ2n) is 4.14. The number of anilines is 1. The fourth-order valence-electron chi connectivity index (χ4n) is 1.69. The van der Waals surface area contributed by atoms with Crippen LogP contribution in [0.25, 0.3) is 0 Å². The average molecular weight is 265 g/mol. The standard InChI is InChI=1S/C13H19N3O3/c1-9-5-3-6-10(11(9)12(17)18)16-13(19)15-8-4-7-14-2/h3,5-6,14H,4,7-8H2,1-2H3,(H,17,18)(H2,15,16,19). The highest BCUT2D eigenvalue weighted by molar-refractivity contribution is 6.01. The Morgan fingerprint density at radius 1 is 1.26 bits per heavy atom. The van der Waals surface area contributed by atoms with Gasteiger partial charge in [0.2, 0.25) is 0 Å². The van der Waals surface area contributed by atoms with Gasteiger partial charge in [0, 0.05) is 6.54 Å². The number of hydrogen-bond acceptors (Lipinski definition) is 3. The lowest BCUT2D eigenvalue weighted by molar-refractivity contribution is 0.0697. The first-order valence-corrected chi connectivity index (χ1v) is 6.08. The maximum absolute atomic E-state index is 11.6. The van der Waals surface area contributed by atoms with Crippen LogP contribution < -0.4 is 16.0 Å². The van der Waals surface area contributed by atoms with E-state index in [1.807, 2.05) is 7.05 Å². The highest BCUT2D eigenvalue weighted by Gasteiger charge is 2.14. The fourth-order valence-corrected chi connectivity index (χ4v) is 1.69. The van der Waals surface area contributed by atoms with Crippen LogP contribution in [0, 0.1) is 6.92 Å².